The van der Waals surface area contributed by atoms with E-state index in [1.54, 1.807) is 48.8 Å². The van der Waals surface area contributed by atoms with Crippen molar-refractivity contribution < 1.29 is 28.0 Å². The van der Waals surface area contributed by atoms with Crippen LogP contribution in [0, 0.1) is 5.82 Å². The predicted octanol–water partition coefficient (Wildman–Crippen LogP) is 9.04. The van der Waals surface area contributed by atoms with E-state index in [9.17, 15) is 14.2 Å². The first-order chi connectivity index (χ1) is 23.2. The standard InChI is InChI=1S/C38H41FN3O5PS/c1-7-17-42(37(44)47-38(2,3)4)24-27-11-13-31(41-23-27)35-22-32-36(49-35)34(15-16-40-32)46-33-14-12-26(21-30(33)39)19-28(43)18-25-9-8-10-29(20-25)48(5,6)45/h8-16,20-23H,7,17-19,24H2,1-6H3. The highest BCUT2D eigenvalue weighted by atomic mass is 32.1. The number of halogens is 1. The van der Waals surface area contributed by atoms with Crippen molar-refractivity contribution >= 4 is 45.9 Å². The molecule has 0 radical (unpaired) electrons. The van der Waals surface area contributed by atoms with Gasteiger partial charge in [0, 0.05) is 43.2 Å². The summed E-state index contributed by atoms with van der Waals surface area (Å²) in [6.07, 6.45) is 4.05. The van der Waals surface area contributed by atoms with Crippen LogP contribution in [-0.2, 0) is 33.5 Å². The van der Waals surface area contributed by atoms with Gasteiger partial charge in [0.05, 0.1) is 27.3 Å². The minimum atomic E-state index is -2.44. The quantitative estimate of drug-likeness (QED) is 0.120. The number of carbonyl (C=O) groups is 2. The molecule has 0 N–H and O–H groups in total. The van der Waals surface area contributed by atoms with Gasteiger partial charge in [0.25, 0.3) is 0 Å². The van der Waals surface area contributed by atoms with Gasteiger partial charge in [0.2, 0.25) is 0 Å². The van der Waals surface area contributed by atoms with Crippen LogP contribution in [0.4, 0.5) is 9.18 Å². The molecule has 2 aromatic carbocycles. The second-order valence-electron chi connectivity index (χ2n) is 13.4. The molecule has 0 saturated carbocycles. The van der Waals surface area contributed by atoms with E-state index in [1.807, 2.05) is 64.1 Å². The Bertz CT molecular complexity index is 2020. The third kappa shape index (κ3) is 9.61. The number of thiophene rings is 1. The zero-order valence-electron chi connectivity index (χ0n) is 28.7. The van der Waals surface area contributed by atoms with Crippen LogP contribution in [0.5, 0.6) is 11.5 Å². The molecule has 3 aromatic heterocycles. The van der Waals surface area contributed by atoms with Crippen molar-refractivity contribution in [1.82, 2.24) is 14.9 Å². The second kappa shape index (κ2) is 15.0. The highest BCUT2D eigenvalue weighted by Gasteiger charge is 2.22. The number of fused-ring (bicyclic) bond motifs is 1. The van der Waals surface area contributed by atoms with E-state index in [1.165, 1.54) is 23.5 Å². The van der Waals surface area contributed by atoms with Gasteiger partial charge in [-0.05, 0) is 87.5 Å². The minimum absolute atomic E-state index is 0.0390. The minimum Gasteiger partial charge on any atom is -0.453 e. The fourth-order valence-corrected chi connectivity index (χ4v) is 7.18. The van der Waals surface area contributed by atoms with Gasteiger partial charge in [0.15, 0.2) is 11.6 Å². The molecule has 49 heavy (non-hydrogen) atoms. The molecule has 0 atom stereocenters. The Hall–Kier alpha value is -4.40. The van der Waals surface area contributed by atoms with Crippen LogP contribution >= 0.6 is 18.5 Å². The van der Waals surface area contributed by atoms with Crippen molar-refractivity contribution in [1.29, 1.82) is 0 Å². The van der Waals surface area contributed by atoms with E-state index in [-0.39, 0.29) is 30.5 Å². The van der Waals surface area contributed by atoms with Gasteiger partial charge in [0.1, 0.15) is 24.3 Å². The molecule has 0 spiro atoms. The number of rotatable bonds is 12. The largest absolute Gasteiger partial charge is 0.453 e. The Morgan fingerprint density at radius 3 is 2.31 bits per heavy atom. The van der Waals surface area contributed by atoms with Crippen LogP contribution in [0.3, 0.4) is 0 Å². The number of aromatic nitrogens is 2. The number of pyridine rings is 2. The summed E-state index contributed by atoms with van der Waals surface area (Å²) in [7, 11) is -2.44. The summed E-state index contributed by atoms with van der Waals surface area (Å²) in [5, 5.41) is 0.730. The first-order valence-electron chi connectivity index (χ1n) is 16.1. The topological polar surface area (TPSA) is 98.7 Å². The monoisotopic (exact) mass is 701 g/mol. The zero-order valence-corrected chi connectivity index (χ0v) is 30.4. The Morgan fingerprint density at radius 2 is 1.65 bits per heavy atom. The molecule has 1 amide bonds. The molecule has 11 heteroatoms. The molecule has 0 saturated heterocycles. The number of hydrogen-bond acceptors (Lipinski definition) is 8. The Labute approximate surface area is 290 Å². The molecule has 3 heterocycles. The molecule has 0 bridgehead atoms. The van der Waals surface area contributed by atoms with Gasteiger partial charge >= 0.3 is 6.09 Å². The lowest BCUT2D eigenvalue weighted by molar-refractivity contribution is -0.117. The summed E-state index contributed by atoms with van der Waals surface area (Å²) in [5.41, 5.74) is 3.06. The smallest absolute Gasteiger partial charge is 0.410 e. The molecule has 0 aliphatic heterocycles. The van der Waals surface area contributed by atoms with Crippen LogP contribution in [0.25, 0.3) is 20.8 Å². The molecule has 256 valence electrons. The van der Waals surface area contributed by atoms with Gasteiger partial charge in [-0.2, -0.15) is 0 Å². The Morgan fingerprint density at radius 1 is 0.918 bits per heavy atom. The van der Waals surface area contributed by atoms with Crippen molar-refractivity contribution in [2.45, 2.75) is 59.1 Å². The lowest BCUT2D eigenvalue weighted by Gasteiger charge is -2.27. The SMILES string of the molecule is CCCN(Cc1ccc(-c2cc3nccc(Oc4ccc(CC(=O)Cc5cccc(P(C)(C)=O)c5)cc4F)c3s2)nc1)C(=O)OC(C)(C)C. The maximum Gasteiger partial charge on any atom is 0.410 e. The Kier molecular flexibility index (Phi) is 11.0. The highest BCUT2D eigenvalue weighted by Crippen LogP contribution is 2.39. The van der Waals surface area contributed by atoms with Crippen molar-refractivity contribution in [2.24, 2.45) is 0 Å². The van der Waals surface area contributed by atoms with E-state index in [4.69, 9.17) is 9.47 Å². The van der Waals surface area contributed by atoms with Crippen LogP contribution in [0.1, 0.15) is 50.8 Å². The van der Waals surface area contributed by atoms with Crippen molar-refractivity contribution in [3.05, 3.63) is 102 Å². The maximum atomic E-state index is 15.3. The summed E-state index contributed by atoms with van der Waals surface area (Å²) in [5.74, 6) is -0.154. The molecule has 5 aromatic rings. The summed E-state index contributed by atoms with van der Waals surface area (Å²) < 4.78 is 40.0. The number of benzene rings is 2. The van der Waals surface area contributed by atoms with Crippen molar-refractivity contribution in [2.75, 3.05) is 19.9 Å². The first kappa shape index (κ1) is 35.9. The molecule has 0 aliphatic carbocycles. The number of nitrogens with zero attached hydrogens (tertiary/aromatic N) is 3. The van der Waals surface area contributed by atoms with E-state index < -0.39 is 18.6 Å². The number of hydrogen-bond donors (Lipinski definition) is 0. The van der Waals surface area contributed by atoms with E-state index in [0.29, 0.717) is 29.9 Å². The molecular weight excluding hydrogens is 660 g/mol. The lowest BCUT2D eigenvalue weighted by Crippen LogP contribution is -2.36. The molecular formula is C38H41FN3O5PS. The number of carbonyl (C=O) groups excluding carboxylic acids is 2. The Balaban J connectivity index is 1.26. The number of ketones is 1. The average molecular weight is 702 g/mol. The summed E-state index contributed by atoms with van der Waals surface area (Å²) in [6.45, 7) is 11.9. The third-order valence-corrected chi connectivity index (χ3v) is 10.2. The average Bonchev–Trinajstić information content (AvgIpc) is 3.47. The normalized spacial score (nSPS) is 11.8. The molecule has 0 aliphatic rings. The lowest BCUT2D eigenvalue weighted by atomic mass is 10.0. The summed E-state index contributed by atoms with van der Waals surface area (Å²) in [6, 6.07) is 19.3. The molecule has 0 fully saturated rings. The van der Waals surface area contributed by atoms with Crippen LogP contribution in [0.2, 0.25) is 0 Å². The molecule has 5 rings (SSSR count). The van der Waals surface area contributed by atoms with E-state index in [2.05, 4.69) is 9.97 Å². The van der Waals surface area contributed by atoms with Crippen LogP contribution in [0.15, 0.2) is 79.1 Å². The zero-order chi connectivity index (χ0) is 35.3. The predicted molar refractivity (Wildman–Crippen MR) is 194 cm³/mol. The van der Waals surface area contributed by atoms with Gasteiger partial charge in [-0.25, -0.2) is 9.18 Å². The van der Waals surface area contributed by atoms with Gasteiger partial charge in [-0.1, -0.05) is 37.3 Å². The van der Waals surface area contributed by atoms with Crippen molar-refractivity contribution in [3.63, 3.8) is 0 Å². The van der Waals surface area contributed by atoms with Crippen LogP contribution in [-0.4, -0.2) is 52.2 Å². The van der Waals surface area contributed by atoms with Crippen molar-refractivity contribution in [3.8, 4) is 22.1 Å². The van der Waals surface area contributed by atoms with E-state index in [0.717, 1.165) is 38.1 Å². The highest BCUT2D eigenvalue weighted by molar-refractivity contribution is 7.70. The van der Waals surface area contributed by atoms with E-state index >= 15 is 4.39 Å². The maximum absolute atomic E-state index is 15.3. The fraction of sp³-hybridized carbons (Fsp3) is 0.316. The first-order valence-corrected chi connectivity index (χ1v) is 19.5. The molecule has 8 nitrogen and oxygen atoms in total. The van der Waals surface area contributed by atoms with Gasteiger partial charge < -0.3 is 18.9 Å². The summed E-state index contributed by atoms with van der Waals surface area (Å²) in [4.78, 5) is 37.2. The number of amides is 1. The molecule has 0 unspecified atom stereocenters. The summed E-state index contributed by atoms with van der Waals surface area (Å²) >= 11 is 1.44. The van der Waals surface area contributed by atoms with Gasteiger partial charge in [-0.15, -0.1) is 11.3 Å². The fourth-order valence-electron chi connectivity index (χ4n) is 5.21. The third-order valence-electron chi connectivity index (χ3n) is 7.52. The van der Waals surface area contributed by atoms with Crippen LogP contribution < -0.4 is 10.0 Å². The second-order valence-corrected chi connectivity index (χ2v) is 17.6. The number of Topliss-reactive ketones (excluding diaryl/α,β-unsaturated/α-hetero) is 1. The van der Waals surface area contributed by atoms with Gasteiger partial charge in [-0.3, -0.25) is 14.8 Å². The number of ether oxygens (including phenoxy) is 2.